The summed E-state index contributed by atoms with van der Waals surface area (Å²) >= 11 is 0. The number of ether oxygens (including phenoxy) is 1. The molecule has 1 heterocycles. The summed E-state index contributed by atoms with van der Waals surface area (Å²) in [5, 5.41) is 20.5. The first-order valence-corrected chi connectivity index (χ1v) is 10.7. The Morgan fingerprint density at radius 3 is 2.50 bits per heavy atom. The summed E-state index contributed by atoms with van der Waals surface area (Å²) in [6, 6.07) is 14.9. The first-order valence-electron chi connectivity index (χ1n) is 10.7. The van der Waals surface area contributed by atoms with Crippen LogP contribution in [0.4, 0.5) is 5.69 Å². The Morgan fingerprint density at radius 1 is 1.03 bits per heavy atom. The first-order chi connectivity index (χ1) is 15.6. The highest BCUT2D eigenvalue weighted by Gasteiger charge is 2.08. The monoisotopic (exact) mass is 436 g/mol. The number of nitrogens with zero attached hydrogens (tertiary/aromatic N) is 3. The quantitative estimate of drug-likeness (QED) is 0.349. The van der Waals surface area contributed by atoms with E-state index in [1.165, 1.54) is 7.11 Å². The van der Waals surface area contributed by atoms with Crippen LogP contribution in [0.2, 0.25) is 0 Å². The number of esters is 1. The van der Waals surface area contributed by atoms with E-state index in [0.29, 0.717) is 24.2 Å². The number of rotatable bonds is 11. The number of carbonyl (C=O) groups excluding carboxylic acids is 2. The molecule has 1 amide bonds. The van der Waals surface area contributed by atoms with Crippen molar-refractivity contribution >= 4 is 17.6 Å². The summed E-state index contributed by atoms with van der Waals surface area (Å²) in [5.74, 6) is -0.231. The van der Waals surface area contributed by atoms with Gasteiger partial charge in [0.1, 0.15) is 5.69 Å². The number of hydrogen-bond donors (Lipinski definition) is 2. The van der Waals surface area contributed by atoms with E-state index >= 15 is 0 Å². The molecule has 0 saturated carbocycles. The number of nitrogens with one attached hydrogen (secondary N) is 1. The Labute approximate surface area is 187 Å². The maximum atomic E-state index is 12.3. The molecular formula is C24H28N4O4. The lowest BCUT2D eigenvalue weighted by molar-refractivity contribution is -0.140. The molecule has 0 aliphatic carbocycles. The molecule has 2 aromatic carbocycles. The molecule has 0 aliphatic heterocycles. The molecule has 32 heavy (non-hydrogen) atoms. The molecule has 0 fully saturated rings. The van der Waals surface area contributed by atoms with E-state index in [1.54, 1.807) is 4.68 Å². The highest BCUT2D eigenvalue weighted by molar-refractivity contribution is 5.91. The molecule has 8 nitrogen and oxygen atoms in total. The number of hydrogen-bond acceptors (Lipinski definition) is 6. The molecule has 0 radical (unpaired) electrons. The molecule has 3 rings (SSSR count). The molecule has 2 N–H and O–H groups in total. The van der Waals surface area contributed by atoms with Crippen LogP contribution in [0.3, 0.4) is 0 Å². The van der Waals surface area contributed by atoms with Crippen molar-refractivity contribution in [3.8, 4) is 16.9 Å². The van der Waals surface area contributed by atoms with Crippen LogP contribution in [0.5, 0.6) is 0 Å². The van der Waals surface area contributed by atoms with Crippen LogP contribution in [0.15, 0.2) is 54.7 Å². The van der Waals surface area contributed by atoms with Crippen LogP contribution in [0.25, 0.3) is 16.9 Å². The lowest BCUT2D eigenvalue weighted by Crippen LogP contribution is -2.11. The van der Waals surface area contributed by atoms with E-state index in [2.05, 4.69) is 20.4 Å². The van der Waals surface area contributed by atoms with E-state index in [-0.39, 0.29) is 18.5 Å². The van der Waals surface area contributed by atoms with Gasteiger partial charge in [-0.25, -0.2) is 4.68 Å². The zero-order valence-corrected chi connectivity index (χ0v) is 18.2. The van der Waals surface area contributed by atoms with Gasteiger partial charge in [-0.2, -0.15) is 0 Å². The van der Waals surface area contributed by atoms with Crippen molar-refractivity contribution < 1.29 is 19.4 Å². The van der Waals surface area contributed by atoms with Gasteiger partial charge >= 0.3 is 5.97 Å². The minimum absolute atomic E-state index is 0.00318. The summed E-state index contributed by atoms with van der Waals surface area (Å²) in [4.78, 5) is 23.3. The fourth-order valence-electron chi connectivity index (χ4n) is 3.27. The van der Waals surface area contributed by atoms with Crippen molar-refractivity contribution in [1.29, 1.82) is 0 Å². The topological polar surface area (TPSA) is 106 Å². The molecule has 168 valence electrons. The van der Waals surface area contributed by atoms with E-state index in [0.717, 1.165) is 42.5 Å². The number of aliphatic hydroxyl groups excluding tert-OH is 1. The summed E-state index contributed by atoms with van der Waals surface area (Å²) in [7, 11) is 1.39. The normalized spacial score (nSPS) is 10.7. The van der Waals surface area contributed by atoms with Crippen LogP contribution >= 0.6 is 0 Å². The number of carbonyl (C=O) groups is 2. The Morgan fingerprint density at radius 2 is 1.78 bits per heavy atom. The average Bonchev–Trinajstić information content (AvgIpc) is 3.32. The summed E-state index contributed by atoms with van der Waals surface area (Å²) < 4.78 is 6.28. The molecule has 0 spiro atoms. The fraction of sp³-hybridized carbons (Fsp3) is 0.333. The van der Waals surface area contributed by atoms with Crippen LogP contribution < -0.4 is 5.32 Å². The Balaban J connectivity index is 1.51. The van der Waals surface area contributed by atoms with E-state index < -0.39 is 0 Å². The third-order valence-corrected chi connectivity index (χ3v) is 5.08. The first kappa shape index (κ1) is 23.1. The third-order valence-electron chi connectivity index (χ3n) is 5.08. The van der Waals surface area contributed by atoms with Gasteiger partial charge in [-0.05, 0) is 42.7 Å². The predicted molar refractivity (Wildman–Crippen MR) is 121 cm³/mol. The van der Waals surface area contributed by atoms with Crippen molar-refractivity contribution in [1.82, 2.24) is 15.0 Å². The van der Waals surface area contributed by atoms with Gasteiger partial charge in [0.15, 0.2) is 0 Å². The maximum Gasteiger partial charge on any atom is 0.305 e. The summed E-state index contributed by atoms with van der Waals surface area (Å²) in [6.45, 7) is -0.00318. The average molecular weight is 437 g/mol. The molecule has 8 heteroatoms. The molecule has 0 aliphatic rings. The standard InChI is InChI=1S/C24H28N4O4/c1-32-24(31)10-5-3-2-4-9-23(30)25-20-8-6-7-19(15-20)22-16-28(27-26-22)21-13-11-18(17-29)12-14-21/h6-8,11-16,29H,2-5,9-10,17H2,1H3,(H,25,30). The van der Waals surface area contributed by atoms with Crippen LogP contribution in [-0.4, -0.2) is 39.1 Å². The number of unbranched alkanes of at least 4 members (excludes halogenated alkanes) is 3. The number of anilines is 1. The second-order valence-corrected chi connectivity index (χ2v) is 7.49. The highest BCUT2D eigenvalue weighted by atomic mass is 16.5. The van der Waals surface area contributed by atoms with Crippen molar-refractivity contribution in [2.45, 2.75) is 45.1 Å². The van der Waals surface area contributed by atoms with E-state index in [4.69, 9.17) is 5.11 Å². The van der Waals surface area contributed by atoms with Gasteiger partial charge in [0.05, 0.1) is 25.6 Å². The van der Waals surface area contributed by atoms with Gasteiger partial charge in [0, 0.05) is 24.1 Å². The molecule has 0 atom stereocenters. The molecule has 3 aromatic rings. The van der Waals surface area contributed by atoms with Crippen LogP contribution in [-0.2, 0) is 20.9 Å². The van der Waals surface area contributed by atoms with Gasteiger partial charge in [0.25, 0.3) is 0 Å². The summed E-state index contributed by atoms with van der Waals surface area (Å²) in [6.07, 6.45) is 6.03. The third kappa shape index (κ3) is 6.75. The van der Waals surface area contributed by atoms with Gasteiger partial charge in [-0.3, -0.25) is 9.59 Å². The molecule has 0 bridgehead atoms. The van der Waals surface area contributed by atoms with Gasteiger partial charge in [0.2, 0.25) is 5.91 Å². The fourth-order valence-corrected chi connectivity index (χ4v) is 3.27. The predicted octanol–water partition coefficient (Wildman–Crippen LogP) is 3.88. The van der Waals surface area contributed by atoms with Crippen molar-refractivity contribution in [3.63, 3.8) is 0 Å². The zero-order chi connectivity index (χ0) is 22.8. The largest absolute Gasteiger partial charge is 0.469 e. The number of methoxy groups -OCH3 is 1. The lowest BCUT2D eigenvalue weighted by atomic mass is 10.1. The van der Waals surface area contributed by atoms with Crippen LogP contribution in [0.1, 0.15) is 44.1 Å². The number of aliphatic hydroxyl groups is 1. The van der Waals surface area contributed by atoms with Crippen molar-refractivity contribution in [3.05, 3.63) is 60.3 Å². The molecule has 0 unspecified atom stereocenters. The molecule has 1 aromatic heterocycles. The van der Waals surface area contributed by atoms with Gasteiger partial charge in [-0.1, -0.05) is 42.3 Å². The SMILES string of the molecule is COC(=O)CCCCCCC(=O)Nc1cccc(-c2cn(-c3ccc(CO)cc3)nn2)c1. The second-order valence-electron chi connectivity index (χ2n) is 7.49. The number of aromatic nitrogens is 3. The van der Waals surface area contributed by atoms with Crippen LogP contribution in [0, 0.1) is 0 Å². The zero-order valence-electron chi connectivity index (χ0n) is 18.2. The second kappa shape index (κ2) is 11.8. The number of benzene rings is 2. The minimum atomic E-state index is -0.192. The minimum Gasteiger partial charge on any atom is -0.469 e. The lowest BCUT2D eigenvalue weighted by Gasteiger charge is -2.06. The Kier molecular flexibility index (Phi) is 8.51. The van der Waals surface area contributed by atoms with E-state index in [9.17, 15) is 9.59 Å². The smallest absolute Gasteiger partial charge is 0.305 e. The summed E-state index contributed by atoms with van der Waals surface area (Å²) in [5.41, 5.74) is 3.93. The van der Waals surface area contributed by atoms with Crippen molar-refractivity contribution in [2.75, 3.05) is 12.4 Å². The number of amides is 1. The molecular weight excluding hydrogens is 408 g/mol. The Hall–Kier alpha value is -3.52. The van der Waals surface area contributed by atoms with Gasteiger partial charge in [-0.15, -0.1) is 5.10 Å². The Bertz CT molecular complexity index is 1030. The highest BCUT2D eigenvalue weighted by Crippen LogP contribution is 2.22. The maximum absolute atomic E-state index is 12.3. The molecule has 0 saturated heterocycles. The van der Waals surface area contributed by atoms with Crippen molar-refractivity contribution in [2.24, 2.45) is 0 Å². The van der Waals surface area contributed by atoms with E-state index in [1.807, 2.05) is 54.7 Å². The van der Waals surface area contributed by atoms with Gasteiger partial charge < -0.3 is 15.2 Å².